The molecule has 0 rings (SSSR count). The number of nitrogens with zero attached hydrogens (tertiary/aromatic N) is 2. The maximum Gasteiger partial charge on any atom is 0.0931 e. The Morgan fingerprint density at radius 2 is 2.00 bits per heavy atom. The second kappa shape index (κ2) is 9.00. The summed E-state index contributed by atoms with van der Waals surface area (Å²) in [7, 11) is 4.19. The minimum absolute atomic E-state index is 0.934. The summed E-state index contributed by atoms with van der Waals surface area (Å²) in [4.78, 5) is 6.64. The van der Waals surface area contributed by atoms with E-state index in [0.29, 0.717) is 0 Å². The van der Waals surface area contributed by atoms with Gasteiger partial charge in [-0.05, 0) is 40.4 Å². The monoisotopic (exact) mass is 199 g/mol. The third-order valence-electron chi connectivity index (χ3n) is 2.02. The van der Waals surface area contributed by atoms with Crippen molar-refractivity contribution in [3.8, 4) is 0 Å². The summed E-state index contributed by atoms with van der Waals surface area (Å²) in [5.74, 6) is 1.08. The van der Waals surface area contributed by atoms with Gasteiger partial charge < -0.3 is 10.2 Å². The van der Waals surface area contributed by atoms with Gasteiger partial charge in [-0.15, -0.1) is 0 Å². The van der Waals surface area contributed by atoms with Gasteiger partial charge in [-0.2, -0.15) is 0 Å². The molecule has 0 bridgehead atoms. The van der Waals surface area contributed by atoms with Gasteiger partial charge in [-0.3, -0.25) is 4.99 Å². The van der Waals surface area contributed by atoms with Crippen molar-refractivity contribution in [1.82, 2.24) is 10.2 Å². The summed E-state index contributed by atoms with van der Waals surface area (Å²) in [6, 6.07) is 0. The molecule has 84 valence electrons. The van der Waals surface area contributed by atoms with Crippen LogP contribution < -0.4 is 5.32 Å². The predicted molar refractivity (Wildman–Crippen MR) is 64.1 cm³/mol. The third-order valence-corrected chi connectivity index (χ3v) is 2.02. The van der Waals surface area contributed by atoms with Crippen LogP contribution in [-0.2, 0) is 0 Å². The first-order chi connectivity index (χ1) is 6.66. The Morgan fingerprint density at radius 1 is 1.29 bits per heavy atom. The van der Waals surface area contributed by atoms with Crippen molar-refractivity contribution in [3.05, 3.63) is 0 Å². The lowest BCUT2D eigenvalue weighted by Crippen LogP contribution is -2.22. The van der Waals surface area contributed by atoms with Gasteiger partial charge in [-0.25, -0.2) is 0 Å². The smallest absolute Gasteiger partial charge is 0.0931 e. The van der Waals surface area contributed by atoms with Crippen LogP contribution in [0.3, 0.4) is 0 Å². The Labute approximate surface area is 88.6 Å². The quantitative estimate of drug-likeness (QED) is 0.384. The molecule has 0 unspecified atom stereocenters. The predicted octanol–water partition coefficient (Wildman–Crippen LogP) is 1.75. The summed E-state index contributed by atoms with van der Waals surface area (Å²) in [6.07, 6.45) is 3.60. The first kappa shape index (κ1) is 13.4. The molecular weight excluding hydrogens is 174 g/mol. The molecule has 0 radical (unpaired) electrons. The average Bonchev–Trinajstić information content (AvgIpc) is 2.13. The zero-order chi connectivity index (χ0) is 10.8. The van der Waals surface area contributed by atoms with E-state index in [-0.39, 0.29) is 0 Å². The molecule has 0 aliphatic heterocycles. The van der Waals surface area contributed by atoms with Crippen LogP contribution in [0.4, 0.5) is 0 Å². The highest BCUT2D eigenvalue weighted by atomic mass is 15.1. The molecule has 0 aromatic rings. The van der Waals surface area contributed by atoms with Crippen molar-refractivity contribution in [3.63, 3.8) is 0 Å². The first-order valence-corrected chi connectivity index (χ1v) is 5.56. The molecular formula is C11H25N3. The van der Waals surface area contributed by atoms with Crippen molar-refractivity contribution in [2.45, 2.75) is 33.1 Å². The molecule has 0 fully saturated rings. The Kier molecular flexibility index (Phi) is 8.64. The van der Waals surface area contributed by atoms with Gasteiger partial charge in [0.1, 0.15) is 0 Å². The van der Waals surface area contributed by atoms with E-state index in [0.717, 1.165) is 31.9 Å². The number of nitrogens with one attached hydrogen (secondary N) is 1. The van der Waals surface area contributed by atoms with Gasteiger partial charge in [0.05, 0.1) is 5.84 Å². The molecule has 1 N–H and O–H groups in total. The van der Waals surface area contributed by atoms with E-state index in [1.807, 2.05) is 6.92 Å². The van der Waals surface area contributed by atoms with Gasteiger partial charge in [0.15, 0.2) is 0 Å². The molecule has 3 nitrogen and oxygen atoms in total. The van der Waals surface area contributed by atoms with Gasteiger partial charge in [0.25, 0.3) is 0 Å². The maximum absolute atomic E-state index is 4.45. The van der Waals surface area contributed by atoms with E-state index in [9.17, 15) is 0 Å². The highest BCUT2D eigenvalue weighted by molar-refractivity contribution is 5.79. The summed E-state index contributed by atoms with van der Waals surface area (Å²) in [6.45, 7) is 7.35. The molecule has 0 aromatic heterocycles. The maximum atomic E-state index is 4.45. The molecule has 0 saturated carbocycles. The van der Waals surface area contributed by atoms with Crippen LogP contribution in [0.5, 0.6) is 0 Å². The third kappa shape index (κ3) is 9.52. The van der Waals surface area contributed by atoms with Crippen molar-refractivity contribution >= 4 is 5.84 Å². The molecule has 0 aliphatic rings. The average molecular weight is 199 g/mol. The lowest BCUT2D eigenvalue weighted by Gasteiger charge is -2.08. The largest absolute Gasteiger partial charge is 0.374 e. The van der Waals surface area contributed by atoms with Crippen molar-refractivity contribution < 1.29 is 0 Å². The zero-order valence-electron chi connectivity index (χ0n) is 10.1. The van der Waals surface area contributed by atoms with E-state index in [2.05, 4.69) is 36.2 Å². The summed E-state index contributed by atoms with van der Waals surface area (Å²) >= 11 is 0. The van der Waals surface area contributed by atoms with Gasteiger partial charge in [-0.1, -0.05) is 13.3 Å². The highest BCUT2D eigenvalue weighted by Crippen LogP contribution is 1.86. The van der Waals surface area contributed by atoms with Crippen LogP contribution in [0.15, 0.2) is 4.99 Å². The fourth-order valence-corrected chi connectivity index (χ4v) is 1.14. The Bertz CT molecular complexity index is 153. The molecule has 0 amide bonds. The Hall–Kier alpha value is -0.570. The summed E-state index contributed by atoms with van der Waals surface area (Å²) < 4.78 is 0. The number of rotatable bonds is 7. The Morgan fingerprint density at radius 3 is 2.57 bits per heavy atom. The molecule has 3 heteroatoms. The topological polar surface area (TPSA) is 27.6 Å². The van der Waals surface area contributed by atoms with Crippen LogP contribution in [0.25, 0.3) is 0 Å². The standard InChI is InChI=1S/C11H25N3/c1-5-6-8-12-11(2)13-9-7-10-14(3)4/h5-10H2,1-4H3,(H,12,13). The molecule has 0 spiro atoms. The molecule has 0 aromatic carbocycles. The van der Waals surface area contributed by atoms with E-state index >= 15 is 0 Å². The second-order valence-electron chi connectivity index (χ2n) is 3.90. The fourth-order valence-electron chi connectivity index (χ4n) is 1.14. The molecule has 0 atom stereocenters. The van der Waals surface area contributed by atoms with Crippen molar-refractivity contribution in [2.24, 2.45) is 4.99 Å². The van der Waals surface area contributed by atoms with Crippen molar-refractivity contribution in [1.29, 1.82) is 0 Å². The van der Waals surface area contributed by atoms with Crippen LogP contribution in [-0.4, -0.2) is 44.5 Å². The van der Waals surface area contributed by atoms with E-state index < -0.39 is 0 Å². The number of aliphatic imine (C=N–C) groups is 1. The van der Waals surface area contributed by atoms with Crippen LogP contribution in [0, 0.1) is 0 Å². The summed E-state index contributed by atoms with van der Waals surface area (Å²) in [5.41, 5.74) is 0. The number of hydrogen-bond donors (Lipinski definition) is 1. The molecule has 0 saturated heterocycles. The lowest BCUT2D eigenvalue weighted by molar-refractivity contribution is 0.403. The normalized spacial score (nSPS) is 12.2. The first-order valence-electron chi connectivity index (χ1n) is 5.56. The van der Waals surface area contributed by atoms with E-state index in [1.165, 1.54) is 12.8 Å². The van der Waals surface area contributed by atoms with Crippen LogP contribution in [0.2, 0.25) is 0 Å². The van der Waals surface area contributed by atoms with Gasteiger partial charge in [0, 0.05) is 13.1 Å². The number of unbranched alkanes of at least 4 members (excludes halogenated alkanes) is 1. The lowest BCUT2D eigenvalue weighted by atomic mass is 10.3. The molecule has 0 aliphatic carbocycles. The highest BCUT2D eigenvalue weighted by Gasteiger charge is 1.91. The van der Waals surface area contributed by atoms with Crippen LogP contribution in [0.1, 0.15) is 33.1 Å². The Balaban J connectivity index is 3.36. The minimum atomic E-state index is 0.934. The molecule has 0 heterocycles. The van der Waals surface area contributed by atoms with Crippen molar-refractivity contribution in [2.75, 3.05) is 33.7 Å². The van der Waals surface area contributed by atoms with Gasteiger partial charge >= 0.3 is 0 Å². The summed E-state index contributed by atoms with van der Waals surface area (Å²) in [5, 5.41) is 3.31. The fraction of sp³-hybridized carbons (Fsp3) is 0.909. The zero-order valence-corrected chi connectivity index (χ0v) is 10.1. The van der Waals surface area contributed by atoms with E-state index in [4.69, 9.17) is 0 Å². The molecule has 14 heavy (non-hydrogen) atoms. The SMILES string of the molecule is CCCCN/C(C)=N/CCCN(C)C. The number of hydrogen-bond acceptors (Lipinski definition) is 2. The van der Waals surface area contributed by atoms with E-state index in [1.54, 1.807) is 0 Å². The van der Waals surface area contributed by atoms with Gasteiger partial charge in [0.2, 0.25) is 0 Å². The number of amidine groups is 1. The minimum Gasteiger partial charge on any atom is -0.374 e. The van der Waals surface area contributed by atoms with Crippen LogP contribution >= 0.6 is 0 Å². The second-order valence-corrected chi connectivity index (χ2v) is 3.90.